The van der Waals surface area contributed by atoms with Gasteiger partial charge in [0.1, 0.15) is 5.76 Å². The van der Waals surface area contributed by atoms with Crippen LogP contribution in [0.5, 0.6) is 0 Å². The molecule has 0 N–H and O–H groups in total. The van der Waals surface area contributed by atoms with Gasteiger partial charge in [0.15, 0.2) is 6.04 Å². The molecule has 2 rings (SSSR count). The summed E-state index contributed by atoms with van der Waals surface area (Å²) in [4.78, 5) is 13.5. The van der Waals surface area contributed by atoms with E-state index < -0.39 is 6.04 Å². The lowest BCUT2D eigenvalue weighted by Crippen LogP contribution is -2.30. The molecule has 0 fully saturated rings. The van der Waals surface area contributed by atoms with Crippen molar-refractivity contribution in [2.24, 2.45) is 0 Å². The Hall–Kier alpha value is -2.54. The summed E-state index contributed by atoms with van der Waals surface area (Å²) in [5, 5.41) is 9.16. The van der Waals surface area contributed by atoms with E-state index in [4.69, 9.17) is 9.68 Å². The topological polar surface area (TPSA) is 57.2 Å². The van der Waals surface area contributed by atoms with E-state index in [0.29, 0.717) is 11.3 Å². The third-order valence-corrected chi connectivity index (χ3v) is 2.66. The molecule has 4 nitrogen and oxygen atoms in total. The Morgan fingerprint density at radius 2 is 2.00 bits per heavy atom. The first-order valence-corrected chi connectivity index (χ1v) is 5.49. The van der Waals surface area contributed by atoms with Crippen LogP contribution in [0.4, 0.5) is 0 Å². The van der Waals surface area contributed by atoms with Crippen LogP contribution in [-0.4, -0.2) is 17.9 Å². The second-order valence-electron chi connectivity index (χ2n) is 3.83. The van der Waals surface area contributed by atoms with E-state index in [2.05, 4.69) is 6.07 Å². The van der Waals surface area contributed by atoms with Gasteiger partial charge in [-0.2, -0.15) is 5.26 Å². The van der Waals surface area contributed by atoms with Crippen LogP contribution in [0.2, 0.25) is 0 Å². The Labute approximate surface area is 105 Å². The molecule has 1 amide bonds. The number of carbonyl (C=O) groups excluding carboxylic acids is 1. The predicted octanol–water partition coefficient (Wildman–Crippen LogP) is 2.62. The summed E-state index contributed by atoms with van der Waals surface area (Å²) in [6, 6.07) is 13.6. The van der Waals surface area contributed by atoms with E-state index in [9.17, 15) is 4.79 Å². The maximum Gasteiger partial charge on any atom is 0.255 e. The molecular formula is C14H12N2O2. The van der Waals surface area contributed by atoms with Crippen LogP contribution in [0.1, 0.15) is 22.2 Å². The number of rotatable bonds is 3. The van der Waals surface area contributed by atoms with Crippen molar-refractivity contribution in [1.82, 2.24) is 4.90 Å². The molecule has 18 heavy (non-hydrogen) atoms. The van der Waals surface area contributed by atoms with Crippen LogP contribution in [-0.2, 0) is 0 Å². The molecule has 1 heterocycles. The van der Waals surface area contributed by atoms with Crippen molar-refractivity contribution in [2.45, 2.75) is 6.04 Å². The number of hydrogen-bond donors (Lipinski definition) is 0. The van der Waals surface area contributed by atoms with Gasteiger partial charge in [0.25, 0.3) is 5.91 Å². The Balaban J connectivity index is 2.23. The van der Waals surface area contributed by atoms with Gasteiger partial charge >= 0.3 is 0 Å². The van der Waals surface area contributed by atoms with Crippen LogP contribution in [0.25, 0.3) is 0 Å². The summed E-state index contributed by atoms with van der Waals surface area (Å²) in [6.45, 7) is 0. The average Bonchev–Trinajstić information content (AvgIpc) is 2.93. The van der Waals surface area contributed by atoms with E-state index >= 15 is 0 Å². The van der Waals surface area contributed by atoms with Gasteiger partial charge in [-0.25, -0.2) is 0 Å². The molecule has 0 aliphatic heterocycles. The summed E-state index contributed by atoms with van der Waals surface area (Å²) in [5.74, 6) is 0.253. The monoisotopic (exact) mass is 240 g/mol. The zero-order chi connectivity index (χ0) is 13.0. The Bertz CT molecular complexity index is 555. The molecule has 0 saturated carbocycles. The molecule has 1 aromatic carbocycles. The van der Waals surface area contributed by atoms with E-state index in [1.54, 1.807) is 43.4 Å². The minimum Gasteiger partial charge on any atom is -0.466 e. The van der Waals surface area contributed by atoms with Crippen molar-refractivity contribution in [2.75, 3.05) is 7.05 Å². The first-order valence-electron chi connectivity index (χ1n) is 5.49. The fourth-order valence-corrected chi connectivity index (χ4v) is 1.69. The molecule has 0 aliphatic rings. The highest BCUT2D eigenvalue weighted by Crippen LogP contribution is 2.20. The summed E-state index contributed by atoms with van der Waals surface area (Å²) >= 11 is 0. The zero-order valence-electron chi connectivity index (χ0n) is 9.91. The van der Waals surface area contributed by atoms with Crippen LogP contribution < -0.4 is 0 Å². The third kappa shape index (κ3) is 2.25. The fourth-order valence-electron chi connectivity index (χ4n) is 1.69. The number of amides is 1. The Morgan fingerprint density at radius 3 is 2.56 bits per heavy atom. The summed E-state index contributed by atoms with van der Waals surface area (Å²) in [7, 11) is 1.59. The average molecular weight is 240 g/mol. The van der Waals surface area contributed by atoms with Crippen molar-refractivity contribution in [3.8, 4) is 6.07 Å². The van der Waals surface area contributed by atoms with Crippen LogP contribution in [0, 0.1) is 11.3 Å². The second-order valence-corrected chi connectivity index (χ2v) is 3.83. The molecule has 0 aliphatic carbocycles. The second kappa shape index (κ2) is 5.19. The van der Waals surface area contributed by atoms with E-state index in [1.807, 2.05) is 6.07 Å². The normalized spacial score (nSPS) is 11.6. The van der Waals surface area contributed by atoms with E-state index in [1.165, 1.54) is 11.2 Å². The molecule has 0 radical (unpaired) electrons. The van der Waals surface area contributed by atoms with Gasteiger partial charge in [-0.15, -0.1) is 0 Å². The Kier molecular flexibility index (Phi) is 3.44. The molecule has 2 aromatic rings. The molecule has 1 aromatic heterocycles. The highest BCUT2D eigenvalue weighted by molar-refractivity contribution is 5.94. The molecule has 90 valence electrons. The molecule has 1 unspecified atom stereocenters. The number of nitrogens with zero attached hydrogens (tertiary/aromatic N) is 2. The van der Waals surface area contributed by atoms with Crippen LogP contribution in [0.3, 0.4) is 0 Å². The van der Waals surface area contributed by atoms with Crippen molar-refractivity contribution in [3.05, 3.63) is 60.1 Å². The predicted molar refractivity (Wildman–Crippen MR) is 65.6 cm³/mol. The van der Waals surface area contributed by atoms with Gasteiger partial charge in [0.05, 0.1) is 12.3 Å². The molecule has 4 heteroatoms. The van der Waals surface area contributed by atoms with Gasteiger partial charge in [-0.1, -0.05) is 18.2 Å². The molecule has 0 spiro atoms. The lowest BCUT2D eigenvalue weighted by molar-refractivity contribution is 0.0750. The quantitative estimate of drug-likeness (QED) is 0.828. The van der Waals surface area contributed by atoms with Gasteiger partial charge < -0.3 is 9.32 Å². The highest BCUT2D eigenvalue weighted by Gasteiger charge is 2.24. The minimum atomic E-state index is -0.715. The first-order chi connectivity index (χ1) is 8.74. The minimum absolute atomic E-state index is 0.210. The van der Waals surface area contributed by atoms with Crippen LogP contribution >= 0.6 is 0 Å². The lowest BCUT2D eigenvalue weighted by Gasteiger charge is -2.21. The fraction of sp³-hybridized carbons (Fsp3) is 0.143. The largest absolute Gasteiger partial charge is 0.466 e. The van der Waals surface area contributed by atoms with Gasteiger partial charge in [-0.3, -0.25) is 4.79 Å². The number of benzene rings is 1. The van der Waals surface area contributed by atoms with Crippen molar-refractivity contribution in [3.63, 3.8) is 0 Å². The van der Waals surface area contributed by atoms with Gasteiger partial charge in [-0.05, 0) is 24.3 Å². The lowest BCUT2D eigenvalue weighted by atomic mass is 10.1. The highest BCUT2D eigenvalue weighted by atomic mass is 16.3. The maximum absolute atomic E-state index is 12.2. The van der Waals surface area contributed by atoms with E-state index in [0.717, 1.165) is 0 Å². The SMILES string of the molecule is CN(C(=O)c1ccccc1)C(C#N)c1ccco1. The summed E-state index contributed by atoms with van der Waals surface area (Å²) < 4.78 is 5.18. The van der Waals surface area contributed by atoms with Gasteiger partial charge in [0.2, 0.25) is 0 Å². The van der Waals surface area contributed by atoms with Gasteiger partial charge in [0, 0.05) is 12.6 Å². The number of hydrogen-bond acceptors (Lipinski definition) is 3. The standard InChI is InChI=1S/C14H12N2O2/c1-16(12(10-15)13-8-5-9-18-13)14(17)11-6-3-2-4-7-11/h2-9,12H,1H3. The number of furan rings is 1. The molecular weight excluding hydrogens is 228 g/mol. The van der Waals surface area contributed by atoms with Crippen LogP contribution in [0.15, 0.2) is 53.1 Å². The molecule has 1 atom stereocenters. The third-order valence-electron chi connectivity index (χ3n) is 2.66. The van der Waals surface area contributed by atoms with E-state index in [-0.39, 0.29) is 5.91 Å². The molecule has 0 bridgehead atoms. The number of nitriles is 1. The zero-order valence-corrected chi connectivity index (χ0v) is 9.91. The number of carbonyl (C=O) groups is 1. The summed E-state index contributed by atoms with van der Waals surface area (Å²) in [5.41, 5.74) is 0.548. The van der Waals surface area contributed by atoms with Crippen molar-refractivity contribution < 1.29 is 9.21 Å². The van der Waals surface area contributed by atoms with Crippen molar-refractivity contribution >= 4 is 5.91 Å². The summed E-state index contributed by atoms with van der Waals surface area (Å²) in [6.07, 6.45) is 1.49. The smallest absolute Gasteiger partial charge is 0.255 e. The first kappa shape index (κ1) is 11.9. The maximum atomic E-state index is 12.2. The Morgan fingerprint density at radius 1 is 1.28 bits per heavy atom. The molecule has 0 saturated heterocycles. The van der Waals surface area contributed by atoms with Crippen molar-refractivity contribution in [1.29, 1.82) is 5.26 Å².